The summed E-state index contributed by atoms with van der Waals surface area (Å²) in [4.78, 5) is 29.7. The van der Waals surface area contributed by atoms with Gasteiger partial charge in [0.05, 0.1) is 22.7 Å². The summed E-state index contributed by atoms with van der Waals surface area (Å²) >= 11 is 6.08. The van der Waals surface area contributed by atoms with Gasteiger partial charge in [-0.15, -0.1) is 0 Å². The lowest BCUT2D eigenvalue weighted by molar-refractivity contribution is -0.140. The number of methoxy groups -OCH3 is 1. The van der Waals surface area contributed by atoms with Crippen molar-refractivity contribution in [1.82, 2.24) is 10.2 Å². The molecule has 4 rings (SSSR count). The minimum atomic E-state index is -4.34. The number of anilines is 1. The van der Waals surface area contributed by atoms with Gasteiger partial charge in [0.25, 0.3) is 10.0 Å². The maximum atomic E-state index is 14.5. The summed E-state index contributed by atoms with van der Waals surface area (Å²) in [5.74, 6) is -1.21. The number of nitrogens with zero attached hydrogens (tertiary/aromatic N) is 2. The number of hydrogen-bond donors (Lipinski definition) is 1. The maximum Gasteiger partial charge on any atom is 0.264 e. The van der Waals surface area contributed by atoms with E-state index in [0.29, 0.717) is 17.7 Å². The summed E-state index contributed by atoms with van der Waals surface area (Å²) in [6.07, 6.45) is 0.842. The molecule has 2 unspecified atom stereocenters. The van der Waals surface area contributed by atoms with Crippen LogP contribution in [0.4, 0.5) is 10.1 Å². The maximum absolute atomic E-state index is 14.5. The van der Waals surface area contributed by atoms with Crippen LogP contribution in [-0.2, 0) is 32.6 Å². The van der Waals surface area contributed by atoms with E-state index >= 15 is 0 Å². The number of amides is 2. The summed E-state index contributed by atoms with van der Waals surface area (Å²) in [5, 5.41) is 2.70. The molecule has 2 amide bonds. The first kappa shape index (κ1) is 34.5. The SMILES string of the molecule is CCC(C)NC(=O)C(Cc1ccccc1)N(Cc1cccc(OC)c1)C(=O)CN(c1ccc(F)c(Cl)c1)S(=O)(=O)c1ccccc1. The smallest absolute Gasteiger partial charge is 0.264 e. The molecular formula is C35H37ClFN3O5S. The first-order valence-electron chi connectivity index (χ1n) is 14.8. The van der Waals surface area contributed by atoms with Crippen molar-refractivity contribution in [2.45, 2.75) is 50.2 Å². The van der Waals surface area contributed by atoms with Gasteiger partial charge in [-0.2, -0.15) is 0 Å². The number of hydrogen-bond acceptors (Lipinski definition) is 5. The largest absolute Gasteiger partial charge is 0.497 e. The van der Waals surface area contributed by atoms with Crippen LogP contribution < -0.4 is 14.4 Å². The van der Waals surface area contributed by atoms with Crippen LogP contribution in [0.3, 0.4) is 0 Å². The third-order valence-electron chi connectivity index (χ3n) is 7.56. The van der Waals surface area contributed by atoms with Gasteiger partial charge in [0.15, 0.2) is 0 Å². The topological polar surface area (TPSA) is 96.0 Å². The van der Waals surface area contributed by atoms with Crippen molar-refractivity contribution in [3.8, 4) is 5.75 Å². The molecule has 0 spiro atoms. The Kier molecular flexibility index (Phi) is 11.8. The third-order valence-corrected chi connectivity index (χ3v) is 9.64. The quantitative estimate of drug-likeness (QED) is 0.172. The Bertz CT molecular complexity index is 1740. The molecule has 1 N–H and O–H groups in total. The van der Waals surface area contributed by atoms with Gasteiger partial charge < -0.3 is 15.0 Å². The van der Waals surface area contributed by atoms with Crippen molar-refractivity contribution < 1.29 is 27.1 Å². The minimum Gasteiger partial charge on any atom is -0.497 e. The number of rotatable bonds is 14. The van der Waals surface area contributed by atoms with Gasteiger partial charge in [0, 0.05) is 19.0 Å². The summed E-state index contributed by atoms with van der Waals surface area (Å²) in [5.41, 5.74) is 1.48. The molecule has 0 aromatic heterocycles. The number of carbonyl (C=O) groups excluding carboxylic acids is 2. The Morgan fingerprint density at radius 3 is 2.20 bits per heavy atom. The van der Waals surface area contributed by atoms with Gasteiger partial charge in [-0.05, 0) is 66.9 Å². The van der Waals surface area contributed by atoms with Crippen molar-refractivity contribution in [1.29, 1.82) is 0 Å². The van der Waals surface area contributed by atoms with Gasteiger partial charge >= 0.3 is 0 Å². The lowest BCUT2D eigenvalue weighted by Gasteiger charge is -2.34. The fourth-order valence-corrected chi connectivity index (χ4v) is 6.45. The van der Waals surface area contributed by atoms with Crippen molar-refractivity contribution in [2.75, 3.05) is 18.0 Å². The molecular weight excluding hydrogens is 629 g/mol. The van der Waals surface area contributed by atoms with Crippen molar-refractivity contribution in [3.05, 3.63) is 125 Å². The fraction of sp³-hybridized carbons (Fsp3) is 0.257. The molecule has 8 nitrogen and oxygen atoms in total. The first-order valence-corrected chi connectivity index (χ1v) is 16.6. The Labute approximate surface area is 274 Å². The van der Waals surface area contributed by atoms with Crippen molar-refractivity contribution in [2.24, 2.45) is 0 Å². The van der Waals surface area contributed by atoms with E-state index in [0.717, 1.165) is 22.0 Å². The van der Waals surface area contributed by atoms with E-state index in [9.17, 15) is 22.4 Å². The van der Waals surface area contributed by atoms with Gasteiger partial charge in [0.1, 0.15) is 24.2 Å². The monoisotopic (exact) mass is 665 g/mol. The van der Waals surface area contributed by atoms with Gasteiger partial charge in [-0.25, -0.2) is 12.8 Å². The molecule has 2 atom stereocenters. The van der Waals surface area contributed by atoms with Crippen LogP contribution in [0.5, 0.6) is 5.75 Å². The lowest BCUT2D eigenvalue weighted by Crippen LogP contribution is -2.54. The highest BCUT2D eigenvalue weighted by atomic mass is 35.5. The normalized spacial score (nSPS) is 12.5. The Morgan fingerprint density at radius 2 is 1.57 bits per heavy atom. The summed E-state index contributed by atoms with van der Waals surface area (Å²) in [7, 11) is -2.81. The molecule has 0 heterocycles. The molecule has 4 aromatic carbocycles. The van der Waals surface area contributed by atoms with Gasteiger partial charge in [-0.3, -0.25) is 13.9 Å². The zero-order valence-corrected chi connectivity index (χ0v) is 27.5. The van der Waals surface area contributed by atoms with E-state index in [-0.39, 0.29) is 40.5 Å². The second-order valence-corrected chi connectivity index (χ2v) is 13.1. The fourth-order valence-electron chi connectivity index (χ4n) is 4.85. The molecule has 0 aliphatic carbocycles. The highest BCUT2D eigenvalue weighted by molar-refractivity contribution is 7.92. The van der Waals surface area contributed by atoms with Gasteiger partial charge in [0.2, 0.25) is 11.8 Å². The third kappa shape index (κ3) is 8.64. The number of carbonyl (C=O) groups is 2. The van der Waals surface area contributed by atoms with E-state index in [4.69, 9.17) is 16.3 Å². The van der Waals surface area contributed by atoms with Crippen LogP contribution in [0, 0.1) is 5.82 Å². The average Bonchev–Trinajstić information content (AvgIpc) is 3.07. The van der Waals surface area contributed by atoms with E-state index in [2.05, 4.69) is 5.32 Å². The Hall–Kier alpha value is -4.41. The zero-order chi connectivity index (χ0) is 33.3. The summed E-state index contributed by atoms with van der Waals surface area (Å²) < 4.78 is 48.5. The van der Waals surface area contributed by atoms with E-state index in [1.54, 1.807) is 42.5 Å². The van der Waals surface area contributed by atoms with Crippen molar-refractivity contribution in [3.63, 3.8) is 0 Å². The number of ether oxygens (including phenoxy) is 1. The lowest BCUT2D eigenvalue weighted by atomic mass is 10.0. The van der Waals surface area contributed by atoms with Crippen LogP contribution in [0.2, 0.25) is 5.02 Å². The van der Waals surface area contributed by atoms with Crippen LogP contribution in [0.15, 0.2) is 108 Å². The predicted molar refractivity (Wildman–Crippen MR) is 178 cm³/mol. The second-order valence-electron chi connectivity index (χ2n) is 10.8. The van der Waals surface area contributed by atoms with E-state index in [1.165, 1.54) is 30.2 Å². The van der Waals surface area contributed by atoms with E-state index < -0.39 is 34.3 Å². The minimum absolute atomic E-state index is 0.00593. The van der Waals surface area contributed by atoms with E-state index in [1.807, 2.05) is 44.2 Å². The molecule has 242 valence electrons. The highest BCUT2D eigenvalue weighted by Gasteiger charge is 2.35. The second kappa shape index (κ2) is 15.7. The molecule has 0 aliphatic rings. The van der Waals surface area contributed by atoms with Crippen LogP contribution in [0.25, 0.3) is 0 Å². The molecule has 0 aliphatic heterocycles. The zero-order valence-electron chi connectivity index (χ0n) is 25.9. The molecule has 11 heteroatoms. The summed E-state index contributed by atoms with van der Waals surface area (Å²) in [6.45, 7) is 3.10. The first-order chi connectivity index (χ1) is 22.0. The molecule has 0 bridgehead atoms. The molecule has 0 radical (unpaired) electrons. The van der Waals surface area contributed by atoms with Gasteiger partial charge in [-0.1, -0.05) is 79.2 Å². The van der Waals surface area contributed by atoms with Crippen LogP contribution in [0.1, 0.15) is 31.4 Å². The molecule has 4 aromatic rings. The molecule has 0 saturated heterocycles. The molecule has 0 fully saturated rings. The molecule has 0 saturated carbocycles. The predicted octanol–water partition coefficient (Wildman–Crippen LogP) is 6.24. The highest BCUT2D eigenvalue weighted by Crippen LogP contribution is 2.29. The van der Waals surface area contributed by atoms with Crippen LogP contribution >= 0.6 is 11.6 Å². The number of sulfonamides is 1. The standard InChI is InChI=1S/C35H37ClFN3O5S/c1-4-25(2)38-35(42)33(21-26-12-7-5-8-13-26)39(23-27-14-11-15-29(20-27)45-3)34(41)24-40(28-18-19-32(37)31(36)22-28)46(43,44)30-16-9-6-10-17-30/h5-20,22,25,33H,4,21,23-24H2,1-3H3,(H,38,42). The Morgan fingerprint density at radius 1 is 0.913 bits per heavy atom. The van der Waals surface area contributed by atoms with Crippen molar-refractivity contribution >= 4 is 39.1 Å². The number of nitrogens with one attached hydrogen (secondary N) is 1. The van der Waals surface area contributed by atoms with Crippen LogP contribution in [-0.4, -0.2) is 50.9 Å². The summed E-state index contributed by atoms with van der Waals surface area (Å²) in [6, 6.07) is 26.3. The molecule has 46 heavy (non-hydrogen) atoms. The number of benzene rings is 4. The number of halogens is 2. The Balaban J connectivity index is 1.83. The average molecular weight is 666 g/mol.